The number of ether oxygens (including phenoxy) is 1. The van der Waals surface area contributed by atoms with Crippen molar-refractivity contribution in [2.45, 2.75) is 51.9 Å². The van der Waals surface area contributed by atoms with Gasteiger partial charge in [-0.1, -0.05) is 0 Å². The van der Waals surface area contributed by atoms with E-state index >= 15 is 0 Å². The average Bonchev–Trinajstić information content (AvgIpc) is 2.76. The van der Waals surface area contributed by atoms with Gasteiger partial charge in [-0.2, -0.15) is 86.7 Å². The Hall–Kier alpha value is -1.91. The smallest absolute Gasteiger partial charge is 0.460 e. The molecule has 0 saturated heterocycles. The first-order valence-corrected chi connectivity index (χ1v) is 10.6. The molecule has 4 nitrogen and oxygen atoms in total. The topological polar surface area (TPSA) is 52.6 Å². The van der Waals surface area contributed by atoms with Crippen LogP contribution in [-0.4, -0.2) is 62.5 Å². The zero-order chi connectivity index (χ0) is 30.6. The summed E-state index contributed by atoms with van der Waals surface area (Å²) in [4.78, 5) is -0.619. The number of halogens is 17. The van der Waals surface area contributed by atoms with E-state index in [0.29, 0.717) is 0 Å². The van der Waals surface area contributed by atoms with E-state index in [1.807, 2.05) is 0 Å². The summed E-state index contributed by atoms with van der Waals surface area (Å²) < 4.78 is 255. The molecule has 1 rings (SSSR count). The summed E-state index contributed by atoms with van der Waals surface area (Å²) in [7, 11) is -6.54. The van der Waals surface area contributed by atoms with Crippen LogP contribution in [0, 0.1) is 0 Å². The minimum atomic E-state index is -8.90. The summed E-state index contributed by atoms with van der Waals surface area (Å²) in [6.45, 7) is 0. The summed E-state index contributed by atoms with van der Waals surface area (Å²) in [5, 5.41) is -7.73. The van der Waals surface area contributed by atoms with Crippen molar-refractivity contribution in [3.63, 3.8) is 0 Å². The highest BCUT2D eigenvalue weighted by Crippen LogP contribution is 2.64. The lowest BCUT2D eigenvalue weighted by Gasteiger charge is -2.42. The Labute approximate surface area is 203 Å². The highest BCUT2D eigenvalue weighted by Gasteiger charge is 2.96. The molecule has 38 heavy (non-hydrogen) atoms. The van der Waals surface area contributed by atoms with E-state index in [-0.39, 0.29) is 5.75 Å². The zero-order valence-electron chi connectivity index (χ0n) is 17.2. The molecule has 0 unspecified atom stereocenters. The van der Waals surface area contributed by atoms with Gasteiger partial charge in [0.25, 0.3) is 0 Å². The number of rotatable bonds is 11. The van der Waals surface area contributed by atoms with Crippen molar-refractivity contribution in [1.82, 2.24) is 0 Å². The van der Waals surface area contributed by atoms with Gasteiger partial charge in [-0.05, 0) is 24.3 Å². The maximum Gasteiger partial charge on any atom is 0.460 e. The fourth-order valence-corrected chi connectivity index (χ4v) is 3.77. The molecule has 0 radical (unpaired) electrons. The van der Waals surface area contributed by atoms with E-state index in [4.69, 9.17) is 0 Å². The Morgan fingerprint density at radius 3 is 1.26 bits per heavy atom. The summed E-state index contributed by atoms with van der Waals surface area (Å²) in [5.41, 5.74) is 0. The quantitative estimate of drug-likeness (QED) is 0.193. The van der Waals surface area contributed by atoms with Crippen LogP contribution in [0.1, 0.15) is 0 Å². The van der Waals surface area contributed by atoms with Gasteiger partial charge >= 0.3 is 57.1 Å². The van der Waals surface area contributed by atoms with Crippen molar-refractivity contribution in [1.29, 1.82) is 0 Å². The molecule has 0 amide bonds. The largest absolute Gasteiger partial charge is 0.497 e. The third kappa shape index (κ3) is 4.81. The molecule has 0 aliphatic rings. The van der Waals surface area contributed by atoms with Crippen LogP contribution in [0.5, 0.6) is 5.75 Å². The Kier molecular flexibility index (Phi) is 8.64. The van der Waals surface area contributed by atoms with E-state index in [1.54, 1.807) is 0 Å². The van der Waals surface area contributed by atoms with Crippen molar-refractivity contribution >= 4 is 22.2 Å². The molecule has 0 bridgehead atoms. The molecule has 1 aromatic carbocycles. The second-order valence-electron chi connectivity index (χ2n) is 6.74. The van der Waals surface area contributed by atoms with Crippen LogP contribution < -0.4 is 4.74 Å². The molecule has 0 aliphatic carbocycles. The van der Waals surface area contributed by atoms with Crippen LogP contribution in [0.4, 0.5) is 74.6 Å². The summed E-state index contributed by atoms with van der Waals surface area (Å²) in [5.74, 6) is -52.0. The Morgan fingerprint density at radius 2 is 0.921 bits per heavy atom. The number of methoxy groups -OCH3 is 1. The standard InChI is InChI=1S/C15H7F17O4S2/c1-35-6-2-4-7(5-3-6)37-36-38(33,34)15(31,32)13(26,27)11(22,23)9(18,19)8(16,17)10(20,21)12(24,25)14(28,29)30/h2-5H,1H3. The number of benzene rings is 1. The number of alkyl halides is 17. The molecular weight excluding hydrogens is 631 g/mol. The van der Waals surface area contributed by atoms with Gasteiger partial charge in [-0.25, -0.2) is 0 Å². The Balaban J connectivity index is 3.54. The molecule has 23 heteroatoms. The van der Waals surface area contributed by atoms with E-state index in [1.165, 1.54) is 0 Å². The number of hydrogen-bond donors (Lipinski definition) is 0. The maximum atomic E-state index is 13.9. The normalized spacial score (nSPS) is 15.5. The minimum absolute atomic E-state index is 0.00442. The SMILES string of the molecule is COc1ccc(SOS(=O)(=O)C(F)(F)C(F)(F)C(F)(F)C(F)(F)C(F)(F)C(F)(F)C(F)(F)C(F)(F)F)cc1. The van der Waals surface area contributed by atoms with Gasteiger partial charge in [0.2, 0.25) is 0 Å². The molecule has 0 spiro atoms. The van der Waals surface area contributed by atoms with Crippen LogP contribution in [0.3, 0.4) is 0 Å². The van der Waals surface area contributed by atoms with E-state index in [9.17, 15) is 83.1 Å². The van der Waals surface area contributed by atoms with Crippen molar-refractivity contribution < 1.29 is 91.4 Å². The van der Waals surface area contributed by atoms with E-state index in [2.05, 4.69) is 8.37 Å². The predicted molar refractivity (Wildman–Crippen MR) is 89.5 cm³/mol. The van der Waals surface area contributed by atoms with Crippen molar-refractivity contribution in [3.8, 4) is 5.75 Å². The molecule has 0 N–H and O–H groups in total. The molecule has 0 aliphatic heterocycles. The summed E-state index contributed by atoms with van der Waals surface area (Å²) in [6.07, 6.45) is -7.90. The molecule has 0 fully saturated rings. The second-order valence-corrected chi connectivity index (χ2v) is 9.35. The lowest BCUT2D eigenvalue weighted by atomic mass is 9.91. The molecule has 0 heterocycles. The van der Waals surface area contributed by atoms with Crippen molar-refractivity contribution in [3.05, 3.63) is 24.3 Å². The molecule has 222 valence electrons. The summed E-state index contributed by atoms with van der Waals surface area (Å²) >= 11 is -0.858. The average molecular weight is 638 g/mol. The van der Waals surface area contributed by atoms with Gasteiger partial charge in [0, 0.05) is 16.9 Å². The molecule has 1 aromatic rings. The molecular formula is C15H7F17O4S2. The third-order valence-electron chi connectivity index (χ3n) is 4.29. The summed E-state index contributed by atoms with van der Waals surface area (Å²) in [6, 6.07) is 3.39. The predicted octanol–water partition coefficient (Wildman–Crippen LogP) is 7.02. The minimum Gasteiger partial charge on any atom is -0.497 e. The first kappa shape index (κ1) is 34.1. The Morgan fingerprint density at radius 1 is 0.579 bits per heavy atom. The van der Waals surface area contributed by atoms with Crippen molar-refractivity contribution in [2.24, 2.45) is 0 Å². The van der Waals surface area contributed by atoms with Crippen LogP contribution in [0.25, 0.3) is 0 Å². The van der Waals surface area contributed by atoms with Gasteiger partial charge < -0.3 is 4.74 Å². The zero-order valence-corrected chi connectivity index (χ0v) is 18.8. The van der Waals surface area contributed by atoms with Crippen LogP contribution >= 0.6 is 12.0 Å². The number of hydrogen-bond acceptors (Lipinski definition) is 5. The molecule has 0 atom stereocenters. The molecule has 0 saturated carbocycles. The Bertz CT molecular complexity index is 1100. The van der Waals surface area contributed by atoms with Crippen LogP contribution in [-0.2, 0) is 13.7 Å². The maximum absolute atomic E-state index is 13.9. The first-order chi connectivity index (χ1) is 16.5. The third-order valence-corrected chi connectivity index (χ3v) is 6.62. The van der Waals surface area contributed by atoms with E-state index in [0.717, 1.165) is 31.4 Å². The first-order valence-electron chi connectivity index (χ1n) is 8.47. The molecule has 0 aromatic heterocycles. The van der Waals surface area contributed by atoms with Gasteiger partial charge in [0.05, 0.1) is 7.11 Å². The lowest BCUT2D eigenvalue weighted by Crippen LogP contribution is -2.75. The van der Waals surface area contributed by atoms with Crippen LogP contribution in [0.2, 0.25) is 0 Å². The van der Waals surface area contributed by atoms with Gasteiger partial charge in [0.15, 0.2) is 0 Å². The van der Waals surface area contributed by atoms with Gasteiger partial charge in [-0.15, -0.1) is 0 Å². The van der Waals surface area contributed by atoms with Gasteiger partial charge in [0.1, 0.15) is 5.75 Å². The fraction of sp³-hybridized carbons (Fsp3) is 0.600. The fourth-order valence-electron chi connectivity index (χ4n) is 2.06. The monoisotopic (exact) mass is 638 g/mol. The highest BCUT2D eigenvalue weighted by atomic mass is 32.3. The second kappa shape index (κ2) is 9.63. The lowest BCUT2D eigenvalue weighted by molar-refractivity contribution is -0.458. The highest BCUT2D eigenvalue weighted by molar-refractivity contribution is 8.04. The van der Waals surface area contributed by atoms with Crippen molar-refractivity contribution in [2.75, 3.05) is 7.11 Å². The van der Waals surface area contributed by atoms with Gasteiger partial charge in [-0.3, -0.25) is 0 Å². The van der Waals surface area contributed by atoms with E-state index < -0.39 is 74.0 Å². The van der Waals surface area contributed by atoms with Crippen LogP contribution in [0.15, 0.2) is 29.2 Å².